The Morgan fingerprint density at radius 3 is 1.71 bits per heavy atom. The molecule has 0 heterocycles. The van der Waals surface area contributed by atoms with Gasteiger partial charge in [0.2, 0.25) is 0 Å². The minimum Gasteiger partial charge on any atom is -0.481 e. The molecule has 4 nitrogen and oxygen atoms in total. The third-order valence-corrected chi connectivity index (χ3v) is 4.77. The van der Waals surface area contributed by atoms with E-state index in [0.29, 0.717) is 23.7 Å². The van der Waals surface area contributed by atoms with Gasteiger partial charge in [-0.25, -0.2) is 0 Å². The number of hydrogen-bond donors (Lipinski definition) is 1. The molecule has 0 saturated heterocycles. The van der Waals surface area contributed by atoms with E-state index in [1.54, 1.807) is 0 Å². The number of carbonyl (C=O) groups excluding carboxylic acids is 1. The highest BCUT2D eigenvalue weighted by Gasteiger charge is 2.36. The van der Waals surface area contributed by atoms with Crippen LogP contribution in [0, 0.1) is 10.8 Å². The molecule has 0 amide bonds. The van der Waals surface area contributed by atoms with Crippen LogP contribution < -0.4 is 0 Å². The molecule has 2 aliphatic rings. The molecular formula is C17H30O4. The summed E-state index contributed by atoms with van der Waals surface area (Å²) < 4.78 is 4.55. The van der Waals surface area contributed by atoms with Gasteiger partial charge in [0.15, 0.2) is 0 Å². The van der Waals surface area contributed by atoms with Crippen molar-refractivity contribution in [3.63, 3.8) is 0 Å². The zero-order valence-corrected chi connectivity index (χ0v) is 13.7. The van der Waals surface area contributed by atoms with Crippen molar-refractivity contribution in [2.75, 3.05) is 7.11 Å². The van der Waals surface area contributed by atoms with Crippen molar-refractivity contribution in [2.24, 2.45) is 10.8 Å². The standard InChI is InChI=1S/C9H16O2.C8H14O2/c1-9(6-7-9)5-3-4-8(10)11-2;1-8(5-6-8)4-2-3-7(9)10/h3-7H2,1-2H3;2-6H2,1H3,(H,9,10). The quantitative estimate of drug-likeness (QED) is 0.683. The first-order chi connectivity index (χ1) is 9.79. The second kappa shape index (κ2) is 7.81. The number of esters is 1. The first kappa shape index (κ1) is 18.0. The summed E-state index contributed by atoms with van der Waals surface area (Å²) >= 11 is 0. The van der Waals surface area contributed by atoms with E-state index in [-0.39, 0.29) is 5.97 Å². The maximum atomic E-state index is 10.7. The Hall–Kier alpha value is -1.06. The van der Waals surface area contributed by atoms with Crippen LogP contribution in [0.15, 0.2) is 0 Å². The number of methoxy groups -OCH3 is 1. The van der Waals surface area contributed by atoms with Crippen LogP contribution in [-0.4, -0.2) is 24.2 Å². The fourth-order valence-electron chi connectivity index (χ4n) is 2.35. The molecule has 0 bridgehead atoms. The Balaban J connectivity index is 0.000000211. The zero-order valence-electron chi connectivity index (χ0n) is 13.7. The molecule has 21 heavy (non-hydrogen) atoms. The SMILES string of the molecule is CC1(CCCC(=O)O)CC1.COC(=O)CCCC1(C)CC1. The maximum absolute atomic E-state index is 10.7. The average molecular weight is 298 g/mol. The van der Waals surface area contributed by atoms with Gasteiger partial charge in [0.05, 0.1) is 7.11 Å². The van der Waals surface area contributed by atoms with E-state index in [1.165, 1.54) is 39.2 Å². The van der Waals surface area contributed by atoms with E-state index in [1.807, 2.05) is 0 Å². The van der Waals surface area contributed by atoms with E-state index >= 15 is 0 Å². The van der Waals surface area contributed by atoms with Crippen molar-refractivity contribution in [3.05, 3.63) is 0 Å². The summed E-state index contributed by atoms with van der Waals surface area (Å²) in [6.07, 6.45) is 10.3. The van der Waals surface area contributed by atoms with Crippen molar-refractivity contribution in [1.29, 1.82) is 0 Å². The second-order valence-electron chi connectivity index (χ2n) is 7.30. The van der Waals surface area contributed by atoms with E-state index in [4.69, 9.17) is 5.11 Å². The van der Waals surface area contributed by atoms with Gasteiger partial charge in [-0.2, -0.15) is 0 Å². The van der Waals surface area contributed by atoms with Crippen LogP contribution in [0.25, 0.3) is 0 Å². The molecule has 1 N–H and O–H groups in total. The summed E-state index contributed by atoms with van der Waals surface area (Å²) in [5.74, 6) is -0.737. The third kappa shape index (κ3) is 8.74. The minimum absolute atomic E-state index is 0.0748. The number of hydrogen-bond acceptors (Lipinski definition) is 3. The Bertz CT molecular complexity index is 354. The largest absolute Gasteiger partial charge is 0.481 e. The van der Waals surface area contributed by atoms with Gasteiger partial charge in [0.1, 0.15) is 0 Å². The average Bonchev–Trinajstić information content (AvgIpc) is 3.31. The van der Waals surface area contributed by atoms with Crippen molar-refractivity contribution in [3.8, 4) is 0 Å². The van der Waals surface area contributed by atoms with Crippen molar-refractivity contribution >= 4 is 11.9 Å². The molecule has 2 aliphatic carbocycles. The highest BCUT2D eigenvalue weighted by molar-refractivity contribution is 5.69. The highest BCUT2D eigenvalue weighted by atomic mass is 16.5. The number of ether oxygens (including phenoxy) is 1. The first-order valence-corrected chi connectivity index (χ1v) is 8.07. The lowest BCUT2D eigenvalue weighted by Crippen LogP contribution is -2.01. The van der Waals surface area contributed by atoms with Crippen LogP contribution in [0.4, 0.5) is 0 Å². The van der Waals surface area contributed by atoms with E-state index in [0.717, 1.165) is 19.3 Å². The predicted molar refractivity (Wildman–Crippen MR) is 82.0 cm³/mol. The van der Waals surface area contributed by atoms with Gasteiger partial charge >= 0.3 is 11.9 Å². The van der Waals surface area contributed by atoms with Crippen molar-refractivity contribution in [2.45, 2.75) is 78.1 Å². The molecule has 2 rings (SSSR count). The van der Waals surface area contributed by atoms with Crippen LogP contribution in [0.1, 0.15) is 78.1 Å². The number of carboxylic acid groups (broad SMARTS) is 1. The van der Waals surface area contributed by atoms with Crippen LogP contribution >= 0.6 is 0 Å². The van der Waals surface area contributed by atoms with E-state index in [2.05, 4.69) is 18.6 Å². The molecule has 0 aliphatic heterocycles. The van der Waals surface area contributed by atoms with Gasteiger partial charge in [0.25, 0.3) is 0 Å². The van der Waals surface area contributed by atoms with E-state index < -0.39 is 5.97 Å². The number of rotatable bonds is 8. The molecule has 4 heteroatoms. The van der Waals surface area contributed by atoms with Gasteiger partial charge in [-0.05, 0) is 62.2 Å². The summed E-state index contributed by atoms with van der Waals surface area (Å²) in [6.45, 7) is 4.51. The number of aliphatic carboxylic acids is 1. The fraction of sp³-hybridized carbons (Fsp3) is 0.882. The number of carboxylic acids is 1. The van der Waals surface area contributed by atoms with Gasteiger partial charge in [-0.15, -0.1) is 0 Å². The van der Waals surface area contributed by atoms with Crippen molar-refractivity contribution in [1.82, 2.24) is 0 Å². The topological polar surface area (TPSA) is 63.6 Å². The molecule has 2 saturated carbocycles. The van der Waals surface area contributed by atoms with Crippen LogP contribution in [0.3, 0.4) is 0 Å². The molecular weight excluding hydrogens is 268 g/mol. The molecule has 122 valence electrons. The minimum atomic E-state index is -0.663. The van der Waals surface area contributed by atoms with Crippen LogP contribution in [0.2, 0.25) is 0 Å². The molecule has 0 spiro atoms. The summed E-state index contributed by atoms with van der Waals surface area (Å²) in [5.41, 5.74) is 1.10. The highest BCUT2D eigenvalue weighted by Crippen LogP contribution is 2.49. The van der Waals surface area contributed by atoms with Gasteiger partial charge < -0.3 is 9.84 Å². The van der Waals surface area contributed by atoms with Gasteiger partial charge in [0, 0.05) is 12.8 Å². The lowest BCUT2D eigenvalue weighted by molar-refractivity contribution is -0.141. The molecule has 0 atom stereocenters. The lowest BCUT2D eigenvalue weighted by Gasteiger charge is -2.05. The Morgan fingerprint density at radius 2 is 1.38 bits per heavy atom. The smallest absolute Gasteiger partial charge is 0.305 e. The second-order valence-corrected chi connectivity index (χ2v) is 7.30. The van der Waals surface area contributed by atoms with Gasteiger partial charge in [-0.3, -0.25) is 9.59 Å². The molecule has 0 aromatic heterocycles. The van der Waals surface area contributed by atoms with E-state index in [9.17, 15) is 9.59 Å². The van der Waals surface area contributed by atoms with Gasteiger partial charge in [-0.1, -0.05) is 13.8 Å². The summed E-state index contributed by atoms with van der Waals surface area (Å²) in [5, 5.41) is 8.33. The van der Waals surface area contributed by atoms with Crippen LogP contribution in [-0.2, 0) is 14.3 Å². The van der Waals surface area contributed by atoms with Crippen molar-refractivity contribution < 1.29 is 19.4 Å². The summed E-state index contributed by atoms with van der Waals surface area (Å²) in [6, 6.07) is 0. The number of carbonyl (C=O) groups is 2. The molecule has 0 aromatic rings. The first-order valence-electron chi connectivity index (χ1n) is 8.07. The Labute approximate surface area is 128 Å². The Morgan fingerprint density at radius 1 is 0.952 bits per heavy atom. The molecule has 0 aromatic carbocycles. The zero-order chi connectivity index (χ0) is 15.9. The lowest BCUT2D eigenvalue weighted by atomic mass is 10.0. The summed E-state index contributed by atoms with van der Waals surface area (Å²) in [7, 11) is 1.45. The molecule has 2 fully saturated rings. The normalized spacial score (nSPS) is 20.0. The maximum Gasteiger partial charge on any atom is 0.305 e. The predicted octanol–water partition coefficient (Wildman–Crippen LogP) is 4.17. The third-order valence-electron chi connectivity index (χ3n) is 4.77. The Kier molecular flexibility index (Phi) is 6.69. The fourth-order valence-corrected chi connectivity index (χ4v) is 2.35. The summed E-state index contributed by atoms with van der Waals surface area (Å²) in [4.78, 5) is 20.8. The van der Waals surface area contributed by atoms with Crippen LogP contribution in [0.5, 0.6) is 0 Å². The monoisotopic (exact) mass is 298 g/mol. The molecule has 0 unspecified atom stereocenters. The molecule has 0 radical (unpaired) electrons.